The van der Waals surface area contributed by atoms with E-state index in [1.807, 2.05) is 0 Å². The minimum Gasteiger partial charge on any atom is -0.179 e. The van der Waals surface area contributed by atoms with Gasteiger partial charge in [0.15, 0.2) is 0 Å². The lowest BCUT2D eigenvalue weighted by molar-refractivity contribution is 0.272. The second-order valence-electron chi connectivity index (χ2n) is 7.69. The van der Waals surface area contributed by atoms with Gasteiger partial charge in [-0.05, 0) is 62.2 Å². The molecule has 0 bridgehead atoms. The smallest absolute Gasteiger partial charge is 0.0627 e. The zero-order valence-electron chi connectivity index (χ0n) is 16.3. The second-order valence-corrected chi connectivity index (χ2v) is 16.4. The summed E-state index contributed by atoms with van der Waals surface area (Å²) in [4.78, 5) is 0. The zero-order chi connectivity index (χ0) is 19.2. The monoisotopic (exact) mass is 518 g/mol. The Kier molecular flexibility index (Phi) is 11.5. The molecule has 6 atom stereocenters. The van der Waals surface area contributed by atoms with Crippen molar-refractivity contribution < 1.29 is 0 Å². The van der Waals surface area contributed by atoms with Crippen LogP contribution in [0.5, 0.6) is 0 Å². The van der Waals surface area contributed by atoms with E-state index in [4.69, 9.17) is 0 Å². The minimum absolute atomic E-state index is 0.775. The van der Waals surface area contributed by atoms with Crippen LogP contribution in [0.25, 0.3) is 0 Å². The first-order valence-corrected chi connectivity index (χ1v) is 17.8. The van der Waals surface area contributed by atoms with Gasteiger partial charge in [0, 0.05) is 38.3 Å². The van der Waals surface area contributed by atoms with Crippen molar-refractivity contribution in [3.63, 3.8) is 0 Å². The summed E-state index contributed by atoms with van der Waals surface area (Å²) in [6, 6.07) is 0. The number of hydrogen-bond acceptors (Lipinski definition) is 8. The molecule has 2 heterocycles. The molecule has 0 radical (unpaired) electrons. The molecule has 6 unspecified atom stereocenters. The average molecular weight is 519 g/mol. The van der Waals surface area contributed by atoms with Crippen molar-refractivity contribution in [3.05, 3.63) is 0 Å². The van der Waals surface area contributed by atoms with Crippen LogP contribution in [-0.2, 0) is 0 Å². The van der Waals surface area contributed by atoms with Gasteiger partial charge in [-0.2, -0.15) is 48.8 Å². The first-order valence-electron chi connectivity index (χ1n) is 10.0. The maximum Gasteiger partial charge on any atom is 0.0627 e. The van der Waals surface area contributed by atoms with Crippen molar-refractivity contribution >= 4 is 95.8 Å². The molecule has 2 aliphatic heterocycles. The van der Waals surface area contributed by atoms with Gasteiger partial charge in [0.2, 0.25) is 0 Å². The molecule has 3 aliphatic rings. The SMILES string of the molecule is CSC(C1CCC(C(SC)C2SCC(CCS)S2)CC1)C1SCC(CS)S1. The van der Waals surface area contributed by atoms with Crippen LogP contribution in [-0.4, -0.2) is 65.7 Å². The van der Waals surface area contributed by atoms with Gasteiger partial charge in [-0.1, -0.05) is 0 Å². The van der Waals surface area contributed by atoms with Gasteiger partial charge < -0.3 is 0 Å². The van der Waals surface area contributed by atoms with Gasteiger partial charge in [0.25, 0.3) is 0 Å². The molecule has 8 heteroatoms. The van der Waals surface area contributed by atoms with E-state index in [-0.39, 0.29) is 0 Å². The Morgan fingerprint density at radius 1 is 0.815 bits per heavy atom. The van der Waals surface area contributed by atoms with E-state index in [1.54, 1.807) is 0 Å². The predicted molar refractivity (Wildman–Crippen MR) is 148 cm³/mol. The van der Waals surface area contributed by atoms with Crippen molar-refractivity contribution in [2.75, 3.05) is 35.5 Å². The molecule has 27 heavy (non-hydrogen) atoms. The van der Waals surface area contributed by atoms with Crippen LogP contribution in [0.2, 0.25) is 0 Å². The summed E-state index contributed by atoms with van der Waals surface area (Å²) in [6.07, 6.45) is 11.8. The first-order chi connectivity index (χ1) is 13.2. The highest BCUT2D eigenvalue weighted by molar-refractivity contribution is 8.22. The average Bonchev–Trinajstić information content (AvgIpc) is 3.35. The summed E-state index contributed by atoms with van der Waals surface area (Å²) in [5, 5.41) is 3.31. The topological polar surface area (TPSA) is 0 Å². The fourth-order valence-electron chi connectivity index (χ4n) is 4.53. The number of hydrogen-bond donors (Lipinski definition) is 2. The van der Waals surface area contributed by atoms with E-state index in [0.29, 0.717) is 0 Å². The van der Waals surface area contributed by atoms with E-state index >= 15 is 0 Å². The van der Waals surface area contributed by atoms with Gasteiger partial charge in [0.05, 0.1) is 9.16 Å². The summed E-state index contributed by atoms with van der Waals surface area (Å²) in [5.74, 6) is 6.61. The maximum absolute atomic E-state index is 4.54. The standard InChI is InChI=1S/C19H34S8/c1-22-16(18-24-10-14(26-18)7-8-20)12-3-5-13(6-4-12)17(23-2)19-25-11-15(9-21)27-19/h12-21H,3-11H2,1-2H3. The highest BCUT2D eigenvalue weighted by atomic mass is 32.2. The molecule has 0 nitrogen and oxygen atoms in total. The first kappa shape index (κ1) is 24.4. The highest BCUT2D eigenvalue weighted by Gasteiger charge is 2.41. The molecule has 3 fully saturated rings. The van der Waals surface area contributed by atoms with E-state index in [9.17, 15) is 0 Å². The third-order valence-electron chi connectivity index (χ3n) is 6.03. The minimum atomic E-state index is 0.775. The molecular weight excluding hydrogens is 485 g/mol. The summed E-state index contributed by atoms with van der Waals surface area (Å²) < 4.78 is 1.62. The lowest BCUT2D eigenvalue weighted by atomic mass is 9.79. The van der Waals surface area contributed by atoms with Gasteiger partial charge in [-0.15, -0.1) is 47.0 Å². The molecule has 1 saturated carbocycles. The summed E-state index contributed by atoms with van der Waals surface area (Å²) in [5.41, 5.74) is 0. The Hall–Kier alpha value is 2.80. The summed E-state index contributed by atoms with van der Waals surface area (Å²) in [6.45, 7) is 0. The molecule has 0 N–H and O–H groups in total. The molecule has 2 saturated heterocycles. The third kappa shape index (κ3) is 6.64. The molecule has 158 valence electrons. The van der Waals surface area contributed by atoms with Gasteiger partial charge in [-0.25, -0.2) is 0 Å². The lowest BCUT2D eigenvalue weighted by Crippen LogP contribution is -2.34. The highest BCUT2D eigenvalue weighted by Crippen LogP contribution is 2.52. The number of rotatable bonds is 9. The van der Waals surface area contributed by atoms with Gasteiger partial charge >= 0.3 is 0 Å². The maximum atomic E-state index is 4.54. The summed E-state index contributed by atoms with van der Waals surface area (Å²) >= 11 is 22.2. The Balaban J connectivity index is 1.50. The van der Waals surface area contributed by atoms with E-state index < -0.39 is 0 Å². The lowest BCUT2D eigenvalue weighted by Gasteiger charge is -2.39. The van der Waals surface area contributed by atoms with Crippen LogP contribution in [0.1, 0.15) is 32.1 Å². The van der Waals surface area contributed by atoms with Crippen molar-refractivity contribution in [1.29, 1.82) is 0 Å². The largest absolute Gasteiger partial charge is 0.179 e. The van der Waals surface area contributed by atoms with Crippen LogP contribution < -0.4 is 0 Å². The molecule has 0 aromatic rings. The fourth-order valence-corrected chi connectivity index (χ4v) is 16.4. The Labute approximate surface area is 203 Å². The quantitative estimate of drug-likeness (QED) is 0.318. The predicted octanol–water partition coefficient (Wildman–Crippen LogP) is 6.86. The number of thiol groups is 2. The van der Waals surface area contributed by atoms with Crippen molar-refractivity contribution in [2.45, 2.75) is 62.3 Å². The van der Waals surface area contributed by atoms with Crippen molar-refractivity contribution in [3.8, 4) is 0 Å². The third-order valence-corrected chi connectivity index (χ3v) is 17.0. The van der Waals surface area contributed by atoms with E-state index in [0.717, 1.165) is 53.5 Å². The van der Waals surface area contributed by atoms with Gasteiger partial charge in [-0.3, -0.25) is 0 Å². The molecule has 0 amide bonds. The Morgan fingerprint density at radius 3 is 1.70 bits per heavy atom. The Bertz CT molecular complexity index is 428. The van der Waals surface area contributed by atoms with Crippen molar-refractivity contribution in [1.82, 2.24) is 0 Å². The van der Waals surface area contributed by atoms with Crippen LogP contribution in [0, 0.1) is 11.8 Å². The van der Waals surface area contributed by atoms with Gasteiger partial charge in [0.1, 0.15) is 0 Å². The molecular formula is C19H34S8. The molecule has 0 aromatic heterocycles. The molecule has 0 spiro atoms. The Morgan fingerprint density at radius 2 is 1.30 bits per heavy atom. The molecule has 3 rings (SSSR count). The van der Waals surface area contributed by atoms with Crippen LogP contribution >= 0.6 is 95.8 Å². The molecule has 1 aliphatic carbocycles. The van der Waals surface area contributed by atoms with Crippen LogP contribution in [0.3, 0.4) is 0 Å². The normalized spacial score (nSPS) is 39.6. The van der Waals surface area contributed by atoms with Crippen LogP contribution in [0.15, 0.2) is 0 Å². The zero-order valence-corrected chi connectivity index (χ0v) is 23.0. The summed E-state index contributed by atoms with van der Waals surface area (Å²) in [7, 11) is 0. The van der Waals surface area contributed by atoms with E-state index in [1.165, 1.54) is 43.6 Å². The van der Waals surface area contributed by atoms with Crippen molar-refractivity contribution in [2.24, 2.45) is 11.8 Å². The molecule has 0 aromatic carbocycles. The van der Waals surface area contributed by atoms with Crippen LogP contribution in [0.4, 0.5) is 0 Å². The number of thioether (sulfide) groups is 6. The van der Waals surface area contributed by atoms with E-state index in [2.05, 4.69) is 108 Å². The fraction of sp³-hybridized carbons (Fsp3) is 1.00. The second kappa shape index (κ2) is 12.7.